The smallest absolute Gasteiger partial charge is 0.119 e. The Labute approximate surface area is 130 Å². The number of aliphatic hydroxyl groups is 2. The predicted molar refractivity (Wildman–Crippen MR) is 85.1 cm³/mol. The van der Waals surface area contributed by atoms with Gasteiger partial charge in [-0.2, -0.15) is 0 Å². The van der Waals surface area contributed by atoms with Crippen LogP contribution < -0.4 is 9.47 Å². The van der Waals surface area contributed by atoms with Crippen molar-refractivity contribution < 1.29 is 19.7 Å². The van der Waals surface area contributed by atoms with E-state index in [-0.39, 0.29) is 0 Å². The molecule has 2 rings (SSSR count). The van der Waals surface area contributed by atoms with Crippen LogP contribution >= 0.6 is 0 Å². The minimum Gasteiger partial charge on any atom is -0.497 e. The molecule has 0 fully saturated rings. The maximum atomic E-state index is 11.0. The SMILES string of the molecule is COc1cccc(C(C)(O)C(C)(O)c2cccc(OC)c2)c1. The molecule has 22 heavy (non-hydrogen) atoms. The summed E-state index contributed by atoms with van der Waals surface area (Å²) in [6.45, 7) is 3.17. The molecule has 4 heteroatoms. The van der Waals surface area contributed by atoms with Gasteiger partial charge in [-0.3, -0.25) is 0 Å². The second-order valence-electron chi connectivity index (χ2n) is 5.61. The zero-order chi connectivity index (χ0) is 16.4. The molecule has 2 aromatic carbocycles. The summed E-state index contributed by atoms with van der Waals surface area (Å²) in [5.74, 6) is 1.25. The molecule has 2 N–H and O–H groups in total. The van der Waals surface area contributed by atoms with Crippen LogP contribution in [0.2, 0.25) is 0 Å². The van der Waals surface area contributed by atoms with E-state index in [2.05, 4.69) is 0 Å². The Balaban J connectivity index is 2.48. The van der Waals surface area contributed by atoms with Gasteiger partial charge >= 0.3 is 0 Å². The molecule has 2 atom stereocenters. The third-order valence-corrected chi connectivity index (χ3v) is 4.21. The van der Waals surface area contributed by atoms with Crippen LogP contribution in [0, 0.1) is 0 Å². The summed E-state index contributed by atoms with van der Waals surface area (Å²) < 4.78 is 10.4. The van der Waals surface area contributed by atoms with Crippen molar-refractivity contribution in [2.24, 2.45) is 0 Å². The summed E-state index contributed by atoms with van der Waals surface area (Å²) >= 11 is 0. The van der Waals surface area contributed by atoms with Crippen molar-refractivity contribution in [3.63, 3.8) is 0 Å². The van der Waals surface area contributed by atoms with E-state index >= 15 is 0 Å². The van der Waals surface area contributed by atoms with Crippen LogP contribution in [-0.2, 0) is 11.2 Å². The molecule has 0 bridgehead atoms. The Morgan fingerprint density at radius 1 is 0.727 bits per heavy atom. The van der Waals surface area contributed by atoms with Gasteiger partial charge < -0.3 is 19.7 Å². The van der Waals surface area contributed by atoms with Gasteiger partial charge in [0, 0.05) is 0 Å². The van der Waals surface area contributed by atoms with Crippen molar-refractivity contribution in [1.82, 2.24) is 0 Å². The average molecular weight is 302 g/mol. The Kier molecular flexibility index (Phi) is 4.44. The molecule has 2 aromatic rings. The minimum absolute atomic E-state index is 0.569. The highest BCUT2D eigenvalue weighted by atomic mass is 16.5. The molecule has 2 unspecified atom stereocenters. The van der Waals surface area contributed by atoms with E-state index in [0.29, 0.717) is 22.6 Å². The number of ether oxygens (including phenoxy) is 2. The molecule has 0 aromatic heterocycles. The van der Waals surface area contributed by atoms with Gasteiger partial charge in [0.2, 0.25) is 0 Å². The molecular formula is C18H22O4. The predicted octanol–water partition coefficient (Wildman–Crippen LogP) is 2.82. The lowest BCUT2D eigenvalue weighted by molar-refractivity contribution is -0.143. The van der Waals surface area contributed by atoms with Crippen LogP contribution in [0.25, 0.3) is 0 Å². The van der Waals surface area contributed by atoms with Gasteiger partial charge in [0.05, 0.1) is 14.2 Å². The monoisotopic (exact) mass is 302 g/mol. The fraction of sp³-hybridized carbons (Fsp3) is 0.333. The second kappa shape index (κ2) is 5.99. The summed E-state index contributed by atoms with van der Waals surface area (Å²) in [5.41, 5.74) is -1.87. The highest BCUT2D eigenvalue weighted by Crippen LogP contribution is 2.41. The third-order valence-electron chi connectivity index (χ3n) is 4.21. The molecule has 0 spiro atoms. The van der Waals surface area contributed by atoms with Crippen LogP contribution in [0.4, 0.5) is 0 Å². The maximum absolute atomic E-state index is 11.0. The van der Waals surface area contributed by atoms with E-state index < -0.39 is 11.2 Å². The summed E-state index contributed by atoms with van der Waals surface area (Å²) in [6.07, 6.45) is 0. The first kappa shape index (κ1) is 16.3. The first-order chi connectivity index (χ1) is 10.3. The lowest BCUT2D eigenvalue weighted by atomic mass is 9.76. The molecule has 0 aliphatic heterocycles. The summed E-state index contributed by atoms with van der Waals surface area (Å²) in [4.78, 5) is 0. The van der Waals surface area contributed by atoms with E-state index in [1.165, 1.54) is 0 Å². The quantitative estimate of drug-likeness (QED) is 0.891. The van der Waals surface area contributed by atoms with Gasteiger partial charge in [-0.15, -0.1) is 0 Å². The van der Waals surface area contributed by atoms with Gasteiger partial charge in [-0.05, 0) is 49.2 Å². The Hall–Kier alpha value is -2.04. The number of rotatable bonds is 5. The summed E-state index contributed by atoms with van der Waals surface area (Å²) in [7, 11) is 3.13. The van der Waals surface area contributed by atoms with Crippen LogP contribution in [-0.4, -0.2) is 24.4 Å². The number of benzene rings is 2. The second-order valence-corrected chi connectivity index (χ2v) is 5.61. The largest absolute Gasteiger partial charge is 0.497 e. The van der Waals surface area contributed by atoms with Crippen LogP contribution in [0.5, 0.6) is 11.5 Å². The Bertz CT molecular complexity index is 590. The van der Waals surface area contributed by atoms with Crippen LogP contribution in [0.15, 0.2) is 48.5 Å². The van der Waals surface area contributed by atoms with E-state index in [1.807, 2.05) is 0 Å². The fourth-order valence-corrected chi connectivity index (χ4v) is 2.41. The Morgan fingerprint density at radius 2 is 1.09 bits per heavy atom. The minimum atomic E-state index is -1.51. The van der Waals surface area contributed by atoms with E-state index in [9.17, 15) is 10.2 Å². The number of hydrogen-bond donors (Lipinski definition) is 2. The van der Waals surface area contributed by atoms with Gasteiger partial charge in [-0.1, -0.05) is 24.3 Å². The van der Waals surface area contributed by atoms with Gasteiger partial charge in [0.25, 0.3) is 0 Å². The molecule has 118 valence electrons. The van der Waals surface area contributed by atoms with E-state index in [1.54, 1.807) is 76.6 Å². The maximum Gasteiger partial charge on any atom is 0.119 e. The molecule has 0 heterocycles. The van der Waals surface area contributed by atoms with Crippen molar-refractivity contribution >= 4 is 0 Å². The van der Waals surface area contributed by atoms with Crippen molar-refractivity contribution in [2.45, 2.75) is 25.0 Å². The van der Waals surface area contributed by atoms with Gasteiger partial charge in [0.15, 0.2) is 0 Å². The van der Waals surface area contributed by atoms with Crippen molar-refractivity contribution in [3.8, 4) is 11.5 Å². The van der Waals surface area contributed by atoms with Gasteiger partial charge in [0.1, 0.15) is 22.7 Å². The lowest BCUT2D eigenvalue weighted by Crippen LogP contribution is -2.45. The fourth-order valence-electron chi connectivity index (χ4n) is 2.41. The van der Waals surface area contributed by atoms with Crippen molar-refractivity contribution in [2.75, 3.05) is 14.2 Å². The first-order valence-corrected chi connectivity index (χ1v) is 7.06. The normalized spacial score (nSPS) is 16.5. The van der Waals surface area contributed by atoms with Crippen LogP contribution in [0.3, 0.4) is 0 Å². The van der Waals surface area contributed by atoms with Crippen molar-refractivity contribution in [3.05, 3.63) is 59.7 Å². The lowest BCUT2D eigenvalue weighted by Gasteiger charge is -2.39. The topological polar surface area (TPSA) is 58.9 Å². The molecule has 0 amide bonds. The average Bonchev–Trinajstić information content (AvgIpc) is 2.54. The van der Waals surface area contributed by atoms with E-state index in [0.717, 1.165) is 0 Å². The number of hydrogen-bond acceptors (Lipinski definition) is 4. The Morgan fingerprint density at radius 3 is 1.41 bits per heavy atom. The summed E-state index contributed by atoms with van der Waals surface area (Å²) in [6, 6.07) is 14.1. The molecule has 0 aliphatic rings. The number of methoxy groups -OCH3 is 2. The van der Waals surface area contributed by atoms with Crippen molar-refractivity contribution in [1.29, 1.82) is 0 Å². The highest BCUT2D eigenvalue weighted by Gasteiger charge is 2.44. The first-order valence-electron chi connectivity index (χ1n) is 7.06. The molecule has 4 nitrogen and oxygen atoms in total. The highest BCUT2D eigenvalue weighted by molar-refractivity contribution is 5.39. The molecule has 0 radical (unpaired) electrons. The molecule has 0 saturated carbocycles. The third kappa shape index (κ3) is 2.80. The molecule has 0 saturated heterocycles. The zero-order valence-corrected chi connectivity index (χ0v) is 13.3. The zero-order valence-electron chi connectivity index (χ0n) is 13.3. The standard InChI is InChI=1S/C18H22O4/c1-17(19,13-7-5-9-15(11-13)21-3)18(2,20)14-8-6-10-16(12-14)22-4/h5-12,19-20H,1-4H3. The molecule has 0 aliphatic carbocycles. The van der Waals surface area contributed by atoms with E-state index in [4.69, 9.17) is 9.47 Å². The molecular weight excluding hydrogens is 280 g/mol. The summed E-state index contributed by atoms with van der Waals surface area (Å²) in [5, 5.41) is 22.0. The van der Waals surface area contributed by atoms with Crippen LogP contribution in [0.1, 0.15) is 25.0 Å². The van der Waals surface area contributed by atoms with Gasteiger partial charge in [-0.25, -0.2) is 0 Å².